The molecule has 3 nitrogen and oxygen atoms in total. The third kappa shape index (κ3) is 3.83. The van der Waals surface area contributed by atoms with Crippen molar-refractivity contribution in [2.75, 3.05) is 5.32 Å². The minimum absolute atomic E-state index is 0.305. The van der Waals surface area contributed by atoms with Crippen molar-refractivity contribution in [2.24, 2.45) is 0 Å². The number of aromatic nitrogens is 1. The number of anilines is 2. The average Bonchev–Trinajstić information content (AvgIpc) is 2.49. The average molecular weight is 373 g/mol. The van der Waals surface area contributed by atoms with Crippen molar-refractivity contribution in [1.29, 1.82) is 0 Å². The first kappa shape index (κ1) is 16.7. The summed E-state index contributed by atoms with van der Waals surface area (Å²) < 4.78 is 40.3. The lowest BCUT2D eigenvalue weighted by atomic mass is 10.2. The molecule has 2 aromatic carbocycles. The van der Waals surface area contributed by atoms with Crippen LogP contribution in [0.25, 0.3) is 10.9 Å². The molecule has 124 valence electrons. The van der Waals surface area contributed by atoms with E-state index in [9.17, 15) is 13.2 Å². The van der Waals surface area contributed by atoms with E-state index in [-0.39, 0.29) is 5.75 Å². The van der Waals surface area contributed by atoms with Gasteiger partial charge in [0, 0.05) is 17.1 Å². The fourth-order valence-electron chi connectivity index (χ4n) is 2.12. The Morgan fingerprint density at radius 3 is 2.33 bits per heavy atom. The maximum Gasteiger partial charge on any atom is 0.573 e. The lowest BCUT2D eigenvalue weighted by Crippen LogP contribution is -2.16. The summed E-state index contributed by atoms with van der Waals surface area (Å²) >= 11 is 12.3. The highest BCUT2D eigenvalue weighted by molar-refractivity contribution is 6.39. The third-order valence-corrected chi connectivity index (χ3v) is 3.72. The van der Waals surface area contributed by atoms with Crippen LogP contribution in [0.1, 0.15) is 0 Å². The fourth-order valence-corrected chi connectivity index (χ4v) is 2.60. The number of alkyl halides is 3. The molecule has 0 radical (unpaired) electrons. The van der Waals surface area contributed by atoms with E-state index in [0.717, 1.165) is 0 Å². The third-order valence-electron chi connectivity index (χ3n) is 3.10. The monoisotopic (exact) mass is 372 g/mol. The minimum atomic E-state index is -4.72. The fraction of sp³-hybridized carbons (Fsp3) is 0.0625. The van der Waals surface area contributed by atoms with Gasteiger partial charge in [-0.2, -0.15) is 0 Å². The van der Waals surface area contributed by atoms with Crippen LogP contribution < -0.4 is 10.1 Å². The van der Waals surface area contributed by atoms with Crippen LogP contribution in [-0.4, -0.2) is 11.3 Å². The van der Waals surface area contributed by atoms with Crippen molar-refractivity contribution < 1.29 is 17.9 Å². The van der Waals surface area contributed by atoms with Gasteiger partial charge in [-0.3, -0.25) is 0 Å². The molecule has 0 atom stereocenters. The van der Waals surface area contributed by atoms with Crippen molar-refractivity contribution in [3.8, 4) is 5.75 Å². The van der Waals surface area contributed by atoms with Crippen LogP contribution in [0.4, 0.5) is 24.7 Å². The van der Waals surface area contributed by atoms with Gasteiger partial charge in [0.2, 0.25) is 0 Å². The quantitative estimate of drug-likeness (QED) is 0.595. The molecule has 0 aliphatic carbocycles. The Kier molecular flexibility index (Phi) is 4.43. The van der Waals surface area contributed by atoms with Crippen LogP contribution in [0, 0.1) is 0 Å². The van der Waals surface area contributed by atoms with E-state index >= 15 is 0 Å². The van der Waals surface area contributed by atoms with Gasteiger partial charge in [-0.05, 0) is 30.3 Å². The van der Waals surface area contributed by atoms with Crippen LogP contribution in [-0.2, 0) is 0 Å². The summed E-state index contributed by atoms with van der Waals surface area (Å²) in [5, 5.41) is 4.59. The van der Waals surface area contributed by atoms with Gasteiger partial charge in [-0.1, -0.05) is 35.3 Å². The van der Waals surface area contributed by atoms with Crippen molar-refractivity contribution in [2.45, 2.75) is 6.36 Å². The summed E-state index contributed by atoms with van der Waals surface area (Å²) in [6.45, 7) is 0. The smallest absolute Gasteiger partial charge is 0.406 e. The Labute approximate surface area is 145 Å². The van der Waals surface area contributed by atoms with Gasteiger partial charge in [0.25, 0.3) is 0 Å². The Morgan fingerprint density at radius 1 is 0.958 bits per heavy atom. The Bertz CT molecular complexity index is 883. The molecular weight excluding hydrogens is 364 g/mol. The van der Waals surface area contributed by atoms with Gasteiger partial charge in [0.15, 0.2) is 0 Å². The van der Waals surface area contributed by atoms with Crippen molar-refractivity contribution in [3.63, 3.8) is 0 Å². The van der Waals surface area contributed by atoms with E-state index in [1.165, 1.54) is 24.3 Å². The van der Waals surface area contributed by atoms with Crippen molar-refractivity contribution in [1.82, 2.24) is 4.98 Å². The minimum Gasteiger partial charge on any atom is -0.406 e. The molecule has 0 spiro atoms. The first-order valence-corrected chi connectivity index (χ1v) is 7.45. The number of fused-ring (bicyclic) bond motifs is 1. The number of halogens is 5. The zero-order valence-electron chi connectivity index (χ0n) is 11.9. The van der Waals surface area contributed by atoms with Crippen LogP contribution in [0.2, 0.25) is 10.0 Å². The second kappa shape index (κ2) is 6.37. The van der Waals surface area contributed by atoms with Gasteiger partial charge < -0.3 is 10.1 Å². The van der Waals surface area contributed by atoms with E-state index in [4.69, 9.17) is 23.2 Å². The van der Waals surface area contributed by atoms with E-state index in [2.05, 4.69) is 15.0 Å². The summed E-state index contributed by atoms with van der Waals surface area (Å²) in [6.07, 6.45) is -4.72. The molecule has 0 unspecified atom stereocenters. The summed E-state index contributed by atoms with van der Waals surface area (Å²) in [6, 6.07) is 12.1. The largest absolute Gasteiger partial charge is 0.573 e. The highest BCUT2D eigenvalue weighted by Gasteiger charge is 2.30. The zero-order chi connectivity index (χ0) is 17.3. The van der Waals surface area contributed by atoms with Crippen LogP contribution in [0.15, 0.2) is 48.5 Å². The molecule has 3 rings (SSSR count). The number of ether oxygens (including phenoxy) is 1. The molecule has 1 heterocycles. The lowest BCUT2D eigenvalue weighted by Gasteiger charge is -2.11. The summed E-state index contributed by atoms with van der Waals surface area (Å²) in [7, 11) is 0. The summed E-state index contributed by atoms with van der Waals surface area (Å²) in [5.74, 6) is 0.116. The molecule has 24 heavy (non-hydrogen) atoms. The van der Waals surface area contributed by atoms with Crippen LogP contribution in [0.3, 0.4) is 0 Å². The number of nitrogens with one attached hydrogen (secondary N) is 1. The SMILES string of the molecule is FC(F)(F)Oc1ccc(Nc2cc(Cl)c3cccc(Cl)c3n2)cc1. The maximum absolute atomic E-state index is 12.1. The number of nitrogens with zero attached hydrogens (tertiary/aromatic N) is 1. The number of hydrogen-bond donors (Lipinski definition) is 1. The standard InChI is InChI=1S/C16H9Cl2F3N2O/c17-12-3-1-2-11-13(18)8-14(23-15(11)12)22-9-4-6-10(7-5-9)24-16(19,20)21/h1-8H,(H,22,23). The highest BCUT2D eigenvalue weighted by Crippen LogP contribution is 2.31. The van der Waals surface area contributed by atoms with Crippen LogP contribution in [0.5, 0.6) is 5.75 Å². The van der Waals surface area contributed by atoms with Gasteiger partial charge in [-0.25, -0.2) is 4.98 Å². The molecule has 1 aromatic heterocycles. The van der Waals surface area contributed by atoms with Crippen molar-refractivity contribution in [3.05, 3.63) is 58.6 Å². The van der Waals surface area contributed by atoms with E-state index in [1.807, 2.05) is 0 Å². The van der Waals surface area contributed by atoms with Gasteiger partial charge in [0.05, 0.1) is 15.6 Å². The molecule has 0 aliphatic heterocycles. The highest BCUT2D eigenvalue weighted by atomic mass is 35.5. The molecule has 0 fully saturated rings. The number of pyridine rings is 1. The number of hydrogen-bond acceptors (Lipinski definition) is 3. The van der Waals surface area contributed by atoms with Gasteiger partial charge >= 0.3 is 6.36 Å². The maximum atomic E-state index is 12.1. The number of para-hydroxylation sites is 1. The van der Waals surface area contributed by atoms with Gasteiger partial charge in [0.1, 0.15) is 11.6 Å². The van der Waals surface area contributed by atoms with E-state index < -0.39 is 6.36 Å². The topological polar surface area (TPSA) is 34.1 Å². The molecule has 8 heteroatoms. The normalized spacial score (nSPS) is 11.5. The predicted octanol–water partition coefficient (Wildman–Crippen LogP) is 6.18. The Hall–Kier alpha value is -2.18. The second-order valence-corrected chi connectivity index (χ2v) is 5.64. The first-order chi connectivity index (χ1) is 11.3. The number of rotatable bonds is 3. The molecule has 3 aromatic rings. The molecule has 0 saturated heterocycles. The Morgan fingerprint density at radius 2 is 1.67 bits per heavy atom. The molecule has 0 amide bonds. The van der Waals surface area contributed by atoms with Crippen LogP contribution >= 0.6 is 23.2 Å². The van der Waals surface area contributed by atoms with E-state index in [1.54, 1.807) is 24.3 Å². The van der Waals surface area contributed by atoms with E-state index in [0.29, 0.717) is 32.5 Å². The molecule has 0 saturated carbocycles. The zero-order valence-corrected chi connectivity index (χ0v) is 13.4. The first-order valence-electron chi connectivity index (χ1n) is 6.69. The van der Waals surface area contributed by atoms with Gasteiger partial charge in [-0.15, -0.1) is 13.2 Å². The molecule has 0 bridgehead atoms. The summed E-state index contributed by atoms with van der Waals surface area (Å²) in [4.78, 5) is 4.37. The molecule has 1 N–H and O–H groups in total. The Balaban J connectivity index is 1.86. The molecular formula is C16H9Cl2F3N2O. The second-order valence-electron chi connectivity index (χ2n) is 4.82. The lowest BCUT2D eigenvalue weighted by molar-refractivity contribution is -0.274. The predicted molar refractivity (Wildman–Crippen MR) is 88.2 cm³/mol. The van der Waals surface area contributed by atoms with Crippen molar-refractivity contribution >= 4 is 45.6 Å². The number of benzene rings is 2. The molecule has 0 aliphatic rings. The summed E-state index contributed by atoms with van der Waals surface area (Å²) in [5.41, 5.74) is 1.06.